The molecule has 0 aliphatic carbocycles. The predicted octanol–water partition coefficient (Wildman–Crippen LogP) is 4.60. The fourth-order valence-corrected chi connectivity index (χ4v) is 2.46. The third kappa shape index (κ3) is 4.34. The summed E-state index contributed by atoms with van der Waals surface area (Å²) in [5, 5.41) is 0.604. The molecule has 0 aliphatic heterocycles. The highest BCUT2D eigenvalue weighted by molar-refractivity contribution is 6.32. The lowest BCUT2D eigenvalue weighted by Gasteiger charge is -2.15. The number of halogens is 3. The zero-order valence-corrected chi connectivity index (χ0v) is 13.1. The second-order valence-corrected chi connectivity index (χ2v) is 5.76. The molecule has 0 bridgehead atoms. The van der Waals surface area contributed by atoms with Gasteiger partial charge in [-0.25, -0.2) is 4.39 Å². The number of ether oxygens (including phenoxy) is 1. The van der Waals surface area contributed by atoms with Crippen LogP contribution in [0.15, 0.2) is 36.4 Å². The highest BCUT2D eigenvalue weighted by Gasteiger charge is 2.11. The monoisotopic (exact) mass is 327 g/mol. The van der Waals surface area contributed by atoms with Gasteiger partial charge in [0, 0.05) is 6.04 Å². The lowest BCUT2D eigenvalue weighted by atomic mass is 10.1. The van der Waals surface area contributed by atoms with Crippen molar-refractivity contribution in [3.63, 3.8) is 0 Å². The molecule has 0 radical (unpaired) electrons. The maximum Gasteiger partial charge on any atom is 0.141 e. The molecule has 2 rings (SSSR count). The third-order valence-electron chi connectivity index (χ3n) is 2.96. The SMILES string of the molecule is CC(N)Cc1cccc(Cl)c1OCc1ccc(F)c(Cl)c1. The molecular formula is C16H16Cl2FNO. The van der Waals surface area contributed by atoms with Gasteiger partial charge in [0.2, 0.25) is 0 Å². The Morgan fingerprint density at radius 1 is 1.19 bits per heavy atom. The Bertz CT molecular complexity index is 632. The van der Waals surface area contributed by atoms with Crippen LogP contribution in [0, 0.1) is 5.82 Å². The molecule has 2 aromatic carbocycles. The Hall–Kier alpha value is -1.29. The van der Waals surface area contributed by atoms with Crippen LogP contribution < -0.4 is 10.5 Å². The van der Waals surface area contributed by atoms with Crippen molar-refractivity contribution in [3.05, 3.63) is 63.4 Å². The molecule has 21 heavy (non-hydrogen) atoms. The first-order chi connectivity index (χ1) is 9.97. The van der Waals surface area contributed by atoms with Crippen LogP contribution in [0.5, 0.6) is 5.75 Å². The van der Waals surface area contributed by atoms with Gasteiger partial charge in [-0.1, -0.05) is 41.4 Å². The second kappa shape index (κ2) is 7.12. The molecule has 0 aliphatic rings. The van der Waals surface area contributed by atoms with Gasteiger partial charge in [-0.3, -0.25) is 0 Å². The van der Waals surface area contributed by atoms with E-state index in [0.29, 0.717) is 17.2 Å². The average molecular weight is 328 g/mol. The highest BCUT2D eigenvalue weighted by Crippen LogP contribution is 2.30. The summed E-state index contributed by atoms with van der Waals surface area (Å²) in [7, 11) is 0. The van der Waals surface area contributed by atoms with Crippen molar-refractivity contribution in [2.24, 2.45) is 5.73 Å². The molecule has 2 N–H and O–H groups in total. The van der Waals surface area contributed by atoms with E-state index >= 15 is 0 Å². The van der Waals surface area contributed by atoms with Gasteiger partial charge in [0.05, 0.1) is 10.0 Å². The van der Waals surface area contributed by atoms with Crippen molar-refractivity contribution in [2.45, 2.75) is 26.0 Å². The Labute approximate surface area is 133 Å². The smallest absolute Gasteiger partial charge is 0.141 e. The maximum absolute atomic E-state index is 13.1. The number of nitrogens with two attached hydrogens (primary N) is 1. The van der Waals surface area contributed by atoms with E-state index in [4.69, 9.17) is 33.7 Å². The molecule has 0 saturated heterocycles. The minimum absolute atomic E-state index is 0.00563. The number of hydrogen-bond acceptors (Lipinski definition) is 2. The summed E-state index contributed by atoms with van der Waals surface area (Å²) in [6.45, 7) is 2.18. The standard InChI is InChI=1S/C16H16Cl2FNO/c1-10(20)7-12-3-2-4-13(17)16(12)21-9-11-5-6-15(19)14(18)8-11/h2-6,8,10H,7,9,20H2,1H3. The van der Waals surface area contributed by atoms with E-state index in [2.05, 4.69) is 0 Å². The molecule has 5 heteroatoms. The van der Waals surface area contributed by atoms with Crippen molar-refractivity contribution in [1.82, 2.24) is 0 Å². The molecule has 0 spiro atoms. The summed E-state index contributed by atoms with van der Waals surface area (Å²) in [6.07, 6.45) is 0.667. The van der Waals surface area contributed by atoms with Crippen molar-refractivity contribution in [3.8, 4) is 5.75 Å². The molecule has 0 fully saturated rings. The predicted molar refractivity (Wildman–Crippen MR) is 84.5 cm³/mol. The topological polar surface area (TPSA) is 35.2 Å². The van der Waals surface area contributed by atoms with Gasteiger partial charge in [0.15, 0.2) is 0 Å². The molecule has 2 nitrogen and oxygen atoms in total. The number of para-hydroxylation sites is 1. The summed E-state index contributed by atoms with van der Waals surface area (Å²) < 4.78 is 18.9. The summed E-state index contributed by atoms with van der Waals surface area (Å²) in [5.41, 5.74) is 7.55. The van der Waals surface area contributed by atoms with Gasteiger partial charge < -0.3 is 10.5 Å². The summed E-state index contributed by atoms with van der Waals surface area (Å²) in [4.78, 5) is 0. The Balaban J connectivity index is 2.17. The maximum atomic E-state index is 13.1. The van der Waals surface area contributed by atoms with E-state index < -0.39 is 5.82 Å². The molecule has 2 aromatic rings. The molecule has 0 saturated carbocycles. The lowest BCUT2D eigenvalue weighted by molar-refractivity contribution is 0.302. The van der Waals surface area contributed by atoms with Crippen molar-refractivity contribution in [2.75, 3.05) is 0 Å². The van der Waals surface area contributed by atoms with Crippen LogP contribution in [0.3, 0.4) is 0 Å². The van der Waals surface area contributed by atoms with Crippen LogP contribution in [0.1, 0.15) is 18.1 Å². The zero-order chi connectivity index (χ0) is 15.4. The molecule has 0 amide bonds. The van der Waals surface area contributed by atoms with E-state index in [0.717, 1.165) is 11.1 Å². The fraction of sp³-hybridized carbons (Fsp3) is 0.250. The van der Waals surface area contributed by atoms with Crippen LogP contribution in [0.4, 0.5) is 4.39 Å². The van der Waals surface area contributed by atoms with Crippen molar-refractivity contribution < 1.29 is 9.13 Å². The first-order valence-electron chi connectivity index (χ1n) is 6.57. The molecule has 0 aromatic heterocycles. The number of rotatable bonds is 5. The van der Waals surface area contributed by atoms with Gasteiger partial charge in [-0.2, -0.15) is 0 Å². The average Bonchev–Trinajstić information content (AvgIpc) is 2.41. The molecular weight excluding hydrogens is 312 g/mol. The van der Waals surface area contributed by atoms with Crippen LogP contribution in [-0.2, 0) is 13.0 Å². The highest BCUT2D eigenvalue weighted by atomic mass is 35.5. The van der Waals surface area contributed by atoms with Crippen LogP contribution in [0.2, 0.25) is 10.0 Å². The van der Waals surface area contributed by atoms with E-state index in [1.807, 2.05) is 19.1 Å². The third-order valence-corrected chi connectivity index (χ3v) is 3.54. The van der Waals surface area contributed by atoms with Gasteiger partial charge >= 0.3 is 0 Å². The number of benzene rings is 2. The van der Waals surface area contributed by atoms with Gasteiger partial charge in [0.25, 0.3) is 0 Å². The Kier molecular flexibility index (Phi) is 5.45. The lowest BCUT2D eigenvalue weighted by Crippen LogP contribution is -2.18. The fourth-order valence-electron chi connectivity index (χ4n) is 2.01. The van der Waals surface area contributed by atoms with Crippen LogP contribution >= 0.6 is 23.2 Å². The van der Waals surface area contributed by atoms with Crippen molar-refractivity contribution >= 4 is 23.2 Å². The van der Waals surface area contributed by atoms with E-state index in [1.165, 1.54) is 6.07 Å². The Morgan fingerprint density at radius 3 is 2.62 bits per heavy atom. The van der Waals surface area contributed by atoms with Gasteiger partial charge in [0.1, 0.15) is 18.2 Å². The summed E-state index contributed by atoms with van der Waals surface area (Å²) in [6, 6.07) is 10.0. The first kappa shape index (κ1) is 16.1. The van der Waals surface area contributed by atoms with E-state index in [1.54, 1.807) is 18.2 Å². The minimum atomic E-state index is -0.448. The number of hydrogen-bond donors (Lipinski definition) is 1. The molecule has 1 unspecified atom stereocenters. The minimum Gasteiger partial charge on any atom is -0.487 e. The van der Waals surface area contributed by atoms with E-state index in [9.17, 15) is 4.39 Å². The van der Waals surface area contributed by atoms with Crippen LogP contribution in [0.25, 0.3) is 0 Å². The van der Waals surface area contributed by atoms with Crippen LogP contribution in [-0.4, -0.2) is 6.04 Å². The van der Waals surface area contributed by atoms with Gasteiger partial charge in [-0.15, -0.1) is 0 Å². The first-order valence-corrected chi connectivity index (χ1v) is 7.32. The normalized spacial score (nSPS) is 12.2. The summed E-state index contributed by atoms with van der Waals surface area (Å²) in [5.74, 6) is 0.160. The quantitative estimate of drug-likeness (QED) is 0.870. The molecule has 112 valence electrons. The molecule has 1 atom stereocenters. The Morgan fingerprint density at radius 2 is 1.95 bits per heavy atom. The van der Waals surface area contributed by atoms with Crippen molar-refractivity contribution in [1.29, 1.82) is 0 Å². The second-order valence-electron chi connectivity index (χ2n) is 4.95. The molecule has 0 heterocycles. The largest absolute Gasteiger partial charge is 0.487 e. The summed E-state index contributed by atoms with van der Waals surface area (Å²) >= 11 is 11.9. The zero-order valence-electron chi connectivity index (χ0n) is 11.6. The van der Waals surface area contributed by atoms with E-state index in [-0.39, 0.29) is 17.7 Å². The van der Waals surface area contributed by atoms with Gasteiger partial charge in [-0.05, 0) is 42.7 Å².